The van der Waals surface area contributed by atoms with Gasteiger partial charge in [-0.2, -0.15) is 0 Å². The van der Waals surface area contributed by atoms with Crippen LogP contribution in [0.1, 0.15) is 6.92 Å². The van der Waals surface area contributed by atoms with Crippen molar-refractivity contribution in [3.8, 4) is 11.5 Å². The number of phenols is 2. The summed E-state index contributed by atoms with van der Waals surface area (Å²) in [7, 11) is 0. The van der Waals surface area contributed by atoms with Gasteiger partial charge in [-0.3, -0.25) is 0 Å². The number of benzene rings is 1. The van der Waals surface area contributed by atoms with Crippen molar-refractivity contribution in [2.45, 2.75) is 6.92 Å². The zero-order chi connectivity index (χ0) is 13.1. The molecule has 0 aromatic heterocycles. The zero-order valence-corrected chi connectivity index (χ0v) is 10.9. The number of hydrogen-bond donors (Lipinski definition) is 2. The number of phenolic OH excluding ortho intramolecular Hbond substituents is 2. The van der Waals surface area contributed by atoms with E-state index in [9.17, 15) is 0 Å². The predicted octanol–water partition coefficient (Wildman–Crippen LogP) is -0.390. The van der Waals surface area contributed by atoms with E-state index in [1.54, 1.807) is 6.07 Å². The SMILES string of the molecule is CC(=O)[O-].O=[N+]([O-])[O-].Oc1cccc(O)c1.[Co+2].[Ni+2]. The third kappa shape index (κ3) is 36.6. The smallest absolute Gasteiger partial charge is 0.550 e. The minimum Gasteiger partial charge on any atom is -0.550 e. The molecule has 8 nitrogen and oxygen atoms in total. The van der Waals surface area contributed by atoms with Crippen LogP contribution >= 0.6 is 0 Å². The van der Waals surface area contributed by atoms with Crippen molar-refractivity contribution in [2.24, 2.45) is 0 Å². The maximum absolute atomic E-state index is 8.89. The first kappa shape index (κ1) is 25.4. The number of carboxylic acid groups (broad SMARTS) is 1. The van der Waals surface area contributed by atoms with Crippen LogP contribution in [0.15, 0.2) is 24.3 Å². The van der Waals surface area contributed by atoms with E-state index in [1.165, 1.54) is 18.2 Å². The molecule has 0 bridgehead atoms. The van der Waals surface area contributed by atoms with Crippen LogP contribution in [0, 0.1) is 15.3 Å². The fourth-order valence-corrected chi connectivity index (χ4v) is 0.493. The Morgan fingerprint density at radius 1 is 1.22 bits per heavy atom. The van der Waals surface area contributed by atoms with Gasteiger partial charge in [-0.05, 0) is 19.1 Å². The van der Waals surface area contributed by atoms with Gasteiger partial charge in [-0.15, -0.1) is 0 Å². The van der Waals surface area contributed by atoms with Gasteiger partial charge in [-0.25, -0.2) is 0 Å². The Labute approximate surface area is 122 Å². The molecule has 0 heterocycles. The van der Waals surface area contributed by atoms with E-state index < -0.39 is 11.1 Å². The summed E-state index contributed by atoms with van der Waals surface area (Å²) in [5.41, 5.74) is 0. The van der Waals surface area contributed by atoms with Gasteiger partial charge in [0.2, 0.25) is 0 Å². The average molecular weight is 349 g/mol. The summed E-state index contributed by atoms with van der Waals surface area (Å²) in [5, 5.41) is 40.9. The normalized spacial score (nSPS) is 6.72. The number of carbonyl (C=O) groups excluding carboxylic acids is 1. The van der Waals surface area contributed by atoms with Crippen molar-refractivity contribution in [1.82, 2.24) is 0 Å². The van der Waals surface area contributed by atoms with Gasteiger partial charge >= 0.3 is 33.3 Å². The molecule has 0 atom stereocenters. The molecule has 1 rings (SSSR count). The van der Waals surface area contributed by atoms with E-state index in [2.05, 4.69) is 0 Å². The van der Waals surface area contributed by atoms with E-state index >= 15 is 0 Å². The third-order valence-corrected chi connectivity index (χ3v) is 0.830. The van der Waals surface area contributed by atoms with E-state index in [0.717, 1.165) is 6.92 Å². The van der Waals surface area contributed by atoms with Crippen LogP contribution in [0.25, 0.3) is 0 Å². The quantitative estimate of drug-likeness (QED) is 0.368. The monoisotopic (exact) mass is 348 g/mol. The molecule has 1 aromatic carbocycles. The fourth-order valence-electron chi connectivity index (χ4n) is 0.493. The second kappa shape index (κ2) is 15.5. The molecule has 1 aromatic rings. The predicted molar refractivity (Wildman–Crippen MR) is 50.8 cm³/mol. The largest absolute Gasteiger partial charge is 2.00 e. The van der Waals surface area contributed by atoms with Crippen molar-refractivity contribution in [2.75, 3.05) is 0 Å². The van der Waals surface area contributed by atoms with Gasteiger partial charge in [0.25, 0.3) is 0 Å². The standard InChI is InChI=1S/C6H6O2.C2H4O2.Co.NO3.Ni/c7-5-2-1-3-6(8)4-5;1-2(3)4;;2-1(3)4;/h1-4,7-8H;1H3,(H,3,4);;;/q;;+2;-1;+2/p-1. The van der Waals surface area contributed by atoms with E-state index in [0.29, 0.717) is 0 Å². The molecule has 1 radical (unpaired) electrons. The summed E-state index contributed by atoms with van der Waals surface area (Å²) in [6.45, 7) is 0.972. The van der Waals surface area contributed by atoms with Gasteiger partial charge in [0.1, 0.15) is 11.5 Å². The van der Waals surface area contributed by atoms with Gasteiger partial charge in [-0.1, -0.05) is 6.07 Å². The Balaban J connectivity index is -0.0000000860. The summed E-state index contributed by atoms with van der Waals surface area (Å²) < 4.78 is 0. The Bertz CT molecular complexity index is 313. The molecule has 0 saturated carbocycles. The molecule has 0 amide bonds. The molecule has 0 spiro atoms. The first-order valence-electron chi connectivity index (χ1n) is 3.72. The van der Waals surface area contributed by atoms with Gasteiger partial charge in [0.15, 0.2) is 0 Å². The number of rotatable bonds is 0. The van der Waals surface area contributed by atoms with Crippen LogP contribution in [0.2, 0.25) is 0 Å². The maximum atomic E-state index is 8.89. The molecular weight excluding hydrogens is 340 g/mol. The molecule has 2 N–H and O–H groups in total. The fraction of sp³-hybridized carbons (Fsp3) is 0.125. The summed E-state index contributed by atoms with van der Waals surface area (Å²) in [6, 6.07) is 5.85. The van der Waals surface area contributed by atoms with Crippen molar-refractivity contribution < 1.29 is 58.5 Å². The summed E-state index contributed by atoms with van der Waals surface area (Å²) >= 11 is 0. The van der Waals surface area contributed by atoms with Crippen molar-refractivity contribution in [1.29, 1.82) is 0 Å². The van der Waals surface area contributed by atoms with Crippen molar-refractivity contribution in [3.63, 3.8) is 0 Å². The number of hydrogen-bond acceptors (Lipinski definition) is 7. The van der Waals surface area contributed by atoms with Gasteiger partial charge in [0.05, 0.1) is 5.09 Å². The number of carbonyl (C=O) groups is 1. The van der Waals surface area contributed by atoms with Gasteiger partial charge in [0, 0.05) is 12.0 Å². The number of nitrogens with zero attached hydrogens (tertiary/aromatic N) is 1. The first-order valence-corrected chi connectivity index (χ1v) is 3.72. The molecule has 0 aliphatic rings. The summed E-state index contributed by atoms with van der Waals surface area (Å²) in [4.78, 5) is 17.1. The van der Waals surface area contributed by atoms with Crippen LogP contribution in [0.3, 0.4) is 0 Å². The Morgan fingerprint density at radius 2 is 1.44 bits per heavy atom. The molecule has 0 aliphatic heterocycles. The number of aromatic hydroxyl groups is 2. The molecule has 0 saturated heterocycles. The summed E-state index contributed by atoms with van der Waals surface area (Å²) in [6.07, 6.45) is 0. The van der Waals surface area contributed by atoms with E-state index in [4.69, 9.17) is 35.4 Å². The molecule has 0 aliphatic carbocycles. The molecule has 0 fully saturated rings. The molecule has 105 valence electrons. The molecular formula is C8H9CoNNiO7+2. The van der Waals surface area contributed by atoms with Gasteiger partial charge < -0.3 is 35.4 Å². The van der Waals surface area contributed by atoms with Crippen LogP contribution in [-0.2, 0) is 38.1 Å². The van der Waals surface area contributed by atoms with Crippen LogP contribution < -0.4 is 5.11 Å². The molecule has 10 heteroatoms. The Kier molecular flexibility index (Phi) is 21.8. The van der Waals surface area contributed by atoms with E-state index in [1.807, 2.05) is 0 Å². The average Bonchev–Trinajstić information content (AvgIpc) is 2.00. The number of carboxylic acids is 1. The second-order valence-electron chi connectivity index (χ2n) is 2.24. The maximum Gasteiger partial charge on any atom is 2.00 e. The topological polar surface area (TPSA) is 147 Å². The minimum absolute atomic E-state index is 0. The zero-order valence-electron chi connectivity index (χ0n) is 8.84. The van der Waals surface area contributed by atoms with E-state index in [-0.39, 0.29) is 44.8 Å². The Morgan fingerprint density at radius 3 is 1.56 bits per heavy atom. The molecule has 0 unspecified atom stereocenters. The van der Waals surface area contributed by atoms with Crippen molar-refractivity contribution >= 4 is 5.97 Å². The molecule has 18 heavy (non-hydrogen) atoms. The number of aliphatic carboxylic acids is 1. The minimum atomic E-state index is -1.75. The second-order valence-corrected chi connectivity index (χ2v) is 2.24. The Hall–Kier alpha value is -1.51. The van der Waals surface area contributed by atoms with Crippen LogP contribution in [-0.4, -0.2) is 21.3 Å². The van der Waals surface area contributed by atoms with Crippen LogP contribution in [0.5, 0.6) is 11.5 Å². The first-order chi connectivity index (χ1) is 7.25. The third-order valence-electron chi connectivity index (χ3n) is 0.830. The summed E-state index contributed by atoms with van der Waals surface area (Å²) in [5.74, 6) is -0.907. The van der Waals surface area contributed by atoms with Crippen LogP contribution in [0.4, 0.5) is 0 Å². The van der Waals surface area contributed by atoms with Crippen molar-refractivity contribution in [3.05, 3.63) is 39.6 Å².